The Bertz CT molecular complexity index is 539. The molecule has 1 aromatic carbocycles. The topological polar surface area (TPSA) is 54.0 Å². The second-order valence-electron chi connectivity index (χ2n) is 4.32. The summed E-state index contributed by atoms with van der Waals surface area (Å²) >= 11 is 1.62. The van der Waals surface area contributed by atoms with Crippen molar-refractivity contribution in [2.75, 3.05) is 5.32 Å². The Morgan fingerprint density at radius 2 is 2.11 bits per heavy atom. The zero-order valence-corrected chi connectivity index (χ0v) is 11.8. The SMILES string of the molecule is Cc1nc(CNC(C)C(=O)Nc2ccccc2)cs1. The van der Waals surface area contributed by atoms with E-state index in [1.807, 2.05) is 49.6 Å². The van der Waals surface area contributed by atoms with E-state index in [1.165, 1.54) is 0 Å². The van der Waals surface area contributed by atoms with E-state index in [-0.39, 0.29) is 11.9 Å². The monoisotopic (exact) mass is 275 g/mol. The number of aromatic nitrogens is 1. The molecular weight excluding hydrogens is 258 g/mol. The van der Waals surface area contributed by atoms with Crippen LogP contribution in [0.25, 0.3) is 0 Å². The summed E-state index contributed by atoms with van der Waals surface area (Å²) in [5.41, 5.74) is 1.78. The molecule has 0 aliphatic rings. The average molecular weight is 275 g/mol. The van der Waals surface area contributed by atoms with Gasteiger partial charge in [0.25, 0.3) is 0 Å². The number of hydrogen-bond donors (Lipinski definition) is 2. The number of aryl methyl sites for hydroxylation is 1. The fraction of sp³-hybridized carbons (Fsp3) is 0.286. The molecule has 0 aliphatic heterocycles. The van der Waals surface area contributed by atoms with Crippen LogP contribution in [0.4, 0.5) is 5.69 Å². The average Bonchev–Trinajstić information content (AvgIpc) is 2.83. The number of carbonyl (C=O) groups is 1. The maximum absolute atomic E-state index is 11.9. The zero-order valence-electron chi connectivity index (χ0n) is 11.0. The first-order valence-corrected chi connectivity index (χ1v) is 7.03. The number of nitrogens with one attached hydrogen (secondary N) is 2. The number of benzene rings is 1. The van der Waals surface area contributed by atoms with Crippen molar-refractivity contribution in [2.24, 2.45) is 0 Å². The Hall–Kier alpha value is -1.72. The van der Waals surface area contributed by atoms with Crippen LogP contribution < -0.4 is 10.6 Å². The quantitative estimate of drug-likeness (QED) is 0.882. The van der Waals surface area contributed by atoms with Gasteiger partial charge in [-0.15, -0.1) is 11.3 Å². The van der Waals surface area contributed by atoms with Crippen LogP contribution in [-0.4, -0.2) is 16.9 Å². The van der Waals surface area contributed by atoms with Gasteiger partial charge in [-0.25, -0.2) is 4.98 Å². The third-order valence-corrected chi connectivity index (χ3v) is 3.51. The van der Waals surface area contributed by atoms with Gasteiger partial charge in [-0.05, 0) is 26.0 Å². The lowest BCUT2D eigenvalue weighted by Crippen LogP contribution is -2.37. The lowest BCUT2D eigenvalue weighted by molar-refractivity contribution is -0.117. The summed E-state index contributed by atoms with van der Waals surface area (Å²) in [7, 11) is 0. The minimum Gasteiger partial charge on any atom is -0.325 e. The molecule has 0 spiro atoms. The summed E-state index contributed by atoms with van der Waals surface area (Å²) in [5, 5.41) is 9.07. The second-order valence-corrected chi connectivity index (χ2v) is 5.38. The molecular formula is C14H17N3OS. The fourth-order valence-corrected chi connectivity index (χ4v) is 2.22. The highest BCUT2D eigenvalue weighted by Crippen LogP contribution is 2.08. The predicted octanol–water partition coefficient (Wildman–Crippen LogP) is 2.57. The Morgan fingerprint density at radius 3 is 2.74 bits per heavy atom. The molecule has 2 N–H and O–H groups in total. The number of hydrogen-bond acceptors (Lipinski definition) is 4. The number of thiazole rings is 1. The molecule has 0 fully saturated rings. The standard InChI is InChI=1S/C14H17N3OS/c1-10(15-8-13-9-19-11(2)16-13)14(18)17-12-6-4-3-5-7-12/h3-7,9-10,15H,8H2,1-2H3,(H,17,18). The van der Waals surface area contributed by atoms with Gasteiger partial charge in [-0.2, -0.15) is 0 Å². The summed E-state index contributed by atoms with van der Waals surface area (Å²) < 4.78 is 0. The maximum atomic E-state index is 11.9. The van der Waals surface area contributed by atoms with E-state index < -0.39 is 0 Å². The molecule has 0 saturated carbocycles. The number of carbonyl (C=O) groups excluding carboxylic acids is 1. The molecule has 2 aromatic rings. The van der Waals surface area contributed by atoms with Gasteiger partial charge in [-0.1, -0.05) is 18.2 Å². The van der Waals surface area contributed by atoms with E-state index in [4.69, 9.17) is 0 Å². The molecule has 1 aromatic heterocycles. The van der Waals surface area contributed by atoms with E-state index in [9.17, 15) is 4.79 Å². The summed E-state index contributed by atoms with van der Waals surface area (Å²) in [5.74, 6) is -0.0434. The summed E-state index contributed by atoms with van der Waals surface area (Å²) in [6.07, 6.45) is 0. The molecule has 1 unspecified atom stereocenters. The highest BCUT2D eigenvalue weighted by molar-refractivity contribution is 7.09. The summed E-state index contributed by atoms with van der Waals surface area (Å²) in [6, 6.07) is 9.18. The largest absolute Gasteiger partial charge is 0.325 e. The van der Waals surface area contributed by atoms with Crippen molar-refractivity contribution < 1.29 is 4.79 Å². The molecule has 0 aliphatic carbocycles. The maximum Gasteiger partial charge on any atom is 0.241 e. The molecule has 1 atom stereocenters. The predicted molar refractivity (Wildman–Crippen MR) is 78.2 cm³/mol. The molecule has 1 amide bonds. The van der Waals surface area contributed by atoms with Gasteiger partial charge in [-0.3, -0.25) is 4.79 Å². The second kappa shape index (κ2) is 6.45. The Morgan fingerprint density at radius 1 is 1.37 bits per heavy atom. The normalized spacial score (nSPS) is 12.1. The van der Waals surface area contributed by atoms with Gasteiger partial charge >= 0.3 is 0 Å². The molecule has 1 heterocycles. The molecule has 0 radical (unpaired) electrons. The number of nitrogens with zero attached hydrogens (tertiary/aromatic N) is 1. The number of amides is 1. The van der Waals surface area contributed by atoms with Crippen LogP contribution >= 0.6 is 11.3 Å². The van der Waals surface area contributed by atoms with Crippen molar-refractivity contribution in [1.82, 2.24) is 10.3 Å². The first kappa shape index (κ1) is 13.7. The van der Waals surface area contributed by atoms with Crippen LogP contribution in [0.1, 0.15) is 17.6 Å². The van der Waals surface area contributed by atoms with Gasteiger partial charge in [0.2, 0.25) is 5.91 Å². The van der Waals surface area contributed by atoms with Crippen LogP contribution in [-0.2, 0) is 11.3 Å². The number of para-hydroxylation sites is 1. The van der Waals surface area contributed by atoms with Gasteiger partial charge in [0, 0.05) is 17.6 Å². The van der Waals surface area contributed by atoms with Crippen molar-refractivity contribution in [2.45, 2.75) is 26.4 Å². The van der Waals surface area contributed by atoms with Crippen molar-refractivity contribution in [3.63, 3.8) is 0 Å². The minimum atomic E-state index is -0.262. The molecule has 2 rings (SSSR count). The van der Waals surface area contributed by atoms with Gasteiger partial charge in [0.15, 0.2) is 0 Å². The third kappa shape index (κ3) is 4.15. The third-order valence-electron chi connectivity index (χ3n) is 2.69. The van der Waals surface area contributed by atoms with Crippen LogP contribution in [0.15, 0.2) is 35.7 Å². The first-order chi connectivity index (χ1) is 9.15. The first-order valence-electron chi connectivity index (χ1n) is 6.15. The Labute approximate surface area is 116 Å². The van der Waals surface area contributed by atoms with E-state index in [0.29, 0.717) is 6.54 Å². The highest BCUT2D eigenvalue weighted by Gasteiger charge is 2.12. The summed E-state index contributed by atoms with van der Waals surface area (Å²) in [6.45, 7) is 4.42. The number of rotatable bonds is 5. The lowest BCUT2D eigenvalue weighted by atomic mass is 10.2. The van der Waals surface area contributed by atoms with Crippen LogP contribution in [0.2, 0.25) is 0 Å². The molecule has 100 valence electrons. The molecule has 19 heavy (non-hydrogen) atoms. The number of anilines is 1. The van der Waals surface area contributed by atoms with Gasteiger partial charge in [0.1, 0.15) is 0 Å². The fourth-order valence-electron chi connectivity index (χ4n) is 1.61. The van der Waals surface area contributed by atoms with E-state index in [0.717, 1.165) is 16.4 Å². The highest BCUT2D eigenvalue weighted by atomic mass is 32.1. The zero-order chi connectivity index (χ0) is 13.7. The van der Waals surface area contributed by atoms with Crippen molar-refractivity contribution >= 4 is 22.9 Å². The Kier molecular flexibility index (Phi) is 4.65. The molecule has 4 nitrogen and oxygen atoms in total. The van der Waals surface area contributed by atoms with E-state index in [2.05, 4.69) is 15.6 Å². The molecule has 5 heteroatoms. The van der Waals surface area contributed by atoms with Crippen LogP contribution in [0.5, 0.6) is 0 Å². The van der Waals surface area contributed by atoms with Crippen LogP contribution in [0, 0.1) is 6.92 Å². The summed E-state index contributed by atoms with van der Waals surface area (Å²) in [4.78, 5) is 16.3. The Balaban J connectivity index is 1.82. The molecule has 0 bridgehead atoms. The van der Waals surface area contributed by atoms with E-state index >= 15 is 0 Å². The van der Waals surface area contributed by atoms with Crippen molar-refractivity contribution in [3.8, 4) is 0 Å². The van der Waals surface area contributed by atoms with E-state index in [1.54, 1.807) is 11.3 Å². The lowest BCUT2D eigenvalue weighted by Gasteiger charge is -2.13. The minimum absolute atomic E-state index is 0.0434. The van der Waals surface area contributed by atoms with Crippen molar-refractivity contribution in [1.29, 1.82) is 0 Å². The van der Waals surface area contributed by atoms with Gasteiger partial charge in [0.05, 0.1) is 16.7 Å². The molecule has 0 saturated heterocycles. The van der Waals surface area contributed by atoms with Gasteiger partial charge < -0.3 is 10.6 Å². The van der Waals surface area contributed by atoms with Crippen molar-refractivity contribution in [3.05, 3.63) is 46.4 Å². The smallest absolute Gasteiger partial charge is 0.241 e. The van der Waals surface area contributed by atoms with Crippen LogP contribution in [0.3, 0.4) is 0 Å².